The second-order valence-corrected chi connectivity index (χ2v) is 4.75. The molecule has 0 spiro atoms. The molecule has 2 heterocycles. The van der Waals surface area contributed by atoms with E-state index in [0.29, 0.717) is 10.9 Å². The predicted molar refractivity (Wildman–Crippen MR) is 73.0 cm³/mol. The fourth-order valence-electron chi connectivity index (χ4n) is 2.51. The largest absolute Gasteiger partial charge is 0.451 e. The lowest BCUT2D eigenvalue weighted by atomic mass is 9.94. The molecule has 3 rings (SSSR count). The van der Waals surface area contributed by atoms with Gasteiger partial charge in [0.2, 0.25) is 0 Å². The third-order valence-electron chi connectivity index (χ3n) is 3.56. The van der Waals surface area contributed by atoms with Crippen molar-refractivity contribution >= 4 is 22.8 Å². The van der Waals surface area contributed by atoms with Gasteiger partial charge in [0.25, 0.3) is 11.9 Å². The zero-order valence-corrected chi connectivity index (χ0v) is 11.1. The molecule has 5 nitrogen and oxygen atoms in total. The lowest BCUT2D eigenvalue weighted by molar-refractivity contribution is -0.124. The minimum Gasteiger partial charge on any atom is -0.451 e. The van der Waals surface area contributed by atoms with E-state index in [-0.39, 0.29) is 23.7 Å². The Bertz CT molecular complexity index is 708. The number of amidine groups is 1. The number of aromatic nitrogens is 1. The Balaban J connectivity index is 2.01. The van der Waals surface area contributed by atoms with E-state index in [9.17, 15) is 9.18 Å². The average molecular weight is 275 g/mol. The molecule has 0 bridgehead atoms. The topological polar surface area (TPSA) is 66.5 Å². The minimum absolute atomic E-state index is 0.201. The summed E-state index contributed by atoms with van der Waals surface area (Å²) in [5.41, 5.74) is 1.42. The van der Waals surface area contributed by atoms with E-state index in [1.54, 1.807) is 18.3 Å². The van der Waals surface area contributed by atoms with Gasteiger partial charge in [0.1, 0.15) is 5.82 Å². The molecule has 1 aromatic carbocycles. The number of rotatable bonds is 2. The molecular weight excluding hydrogens is 261 g/mol. The Kier molecular flexibility index (Phi) is 2.93. The number of aromatic amines is 1. The summed E-state index contributed by atoms with van der Waals surface area (Å²) >= 11 is 0. The molecule has 1 aliphatic rings. The Morgan fingerprint density at radius 2 is 2.25 bits per heavy atom. The van der Waals surface area contributed by atoms with Gasteiger partial charge in [-0.3, -0.25) is 10.1 Å². The molecule has 2 aromatic rings. The molecule has 1 saturated heterocycles. The number of nitrogens with one attached hydrogen (secondary N) is 2. The number of aliphatic imine (C=N–C) groups is 1. The van der Waals surface area contributed by atoms with Gasteiger partial charge in [0.15, 0.2) is 6.10 Å². The van der Waals surface area contributed by atoms with Crippen molar-refractivity contribution in [3.05, 3.63) is 35.8 Å². The van der Waals surface area contributed by atoms with Crippen LogP contribution in [0.4, 0.5) is 4.39 Å². The van der Waals surface area contributed by atoms with E-state index in [0.717, 1.165) is 5.56 Å². The van der Waals surface area contributed by atoms with Gasteiger partial charge in [-0.05, 0) is 17.7 Å². The van der Waals surface area contributed by atoms with Crippen molar-refractivity contribution in [3.63, 3.8) is 0 Å². The summed E-state index contributed by atoms with van der Waals surface area (Å²) in [7, 11) is 1.54. The monoisotopic (exact) mass is 275 g/mol. The molecule has 2 N–H and O–H groups in total. The van der Waals surface area contributed by atoms with Crippen molar-refractivity contribution in [1.29, 1.82) is 0 Å². The van der Waals surface area contributed by atoms with Crippen LogP contribution in [0.3, 0.4) is 0 Å². The van der Waals surface area contributed by atoms with E-state index in [4.69, 9.17) is 4.74 Å². The smallest absolute Gasteiger partial charge is 0.292 e. The van der Waals surface area contributed by atoms with Gasteiger partial charge in [0, 0.05) is 30.1 Å². The summed E-state index contributed by atoms with van der Waals surface area (Å²) in [5, 5.41) is 3.04. The maximum absolute atomic E-state index is 14.0. The summed E-state index contributed by atoms with van der Waals surface area (Å²) in [6.45, 7) is 1.83. The molecule has 1 fully saturated rings. The van der Waals surface area contributed by atoms with E-state index in [1.807, 2.05) is 6.92 Å². The van der Waals surface area contributed by atoms with E-state index in [1.165, 1.54) is 13.1 Å². The van der Waals surface area contributed by atoms with Crippen LogP contribution in [0.5, 0.6) is 0 Å². The highest BCUT2D eigenvalue weighted by molar-refractivity contribution is 6.02. The van der Waals surface area contributed by atoms with Crippen LogP contribution >= 0.6 is 0 Å². The molecule has 20 heavy (non-hydrogen) atoms. The zero-order chi connectivity index (χ0) is 14.3. The number of fused-ring (bicyclic) bond motifs is 1. The molecule has 104 valence electrons. The summed E-state index contributed by atoms with van der Waals surface area (Å²) in [4.78, 5) is 18.7. The highest BCUT2D eigenvalue weighted by Gasteiger charge is 2.37. The van der Waals surface area contributed by atoms with Crippen molar-refractivity contribution in [2.45, 2.75) is 18.9 Å². The lowest BCUT2D eigenvalue weighted by Crippen LogP contribution is -2.28. The van der Waals surface area contributed by atoms with Crippen LogP contribution in [0.25, 0.3) is 10.9 Å². The Labute approximate surface area is 114 Å². The number of carbonyl (C=O) groups is 1. The summed E-state index contributed by atoms with van der Waals surface area (Å²) < 4.78 is 19.4. The van der Waals surface area contributed by atoms with Gasteiger partial charge < -0.3 is 9.72 Å². The van der Waals surface area contributed by atoms with Crippen LogP contribution in [-0.2, 0) is 9.53 Å². The van der Waals surface area contributed by atoms with E-state index in [2.05, 4.69) is 15.3 Å². The SMILES string of the molecule is CN=C1NC(=O)[C@H]([C@H](C)c2c[nH]c3cccc(F)c23)O1. The Morgan fingerprint density at radius 3 is 2.95 bits per heavy atom. The highest BCUT2D eigenvalue weighted by atomic mass is 19.1. The molecule has 0 aliphatic carbocycles. The third-order valence-corrected chi connectivity index (χ3v) is 3.56. The van der Waals surface area contributed by atoms with Gasteiger partial charge in [0.05, 0.1) is 0 Å². The normalized spacial score (nSPS) is 22.1. The molecule has 1 amide bonds. The van der Waals surface area contributed by atoms with Crippen LogP contribution in [0, 0.1) is 5.82 Å². The van der Waals surface area contributed by atoms with Crippen LogP contribution in [-0.4, -0.2) is 30.1 Å². The lowest BCUT2D eigenvalue weighted by Gasteiger charge is -2.15. The van der Waals surface area contributed by atoms with Crippen LogP contribution in [0.1, 0.15) is 18.4 Å². The van der Waals surface area contributed by atoms with Gasteiger partial charge in [-0.1, -0.05) is 13.0 Å². The molecule has 1 aliphatic heterocycles. The fourth-order valence-corrected chi connectivity index (χ4v) is 2.51. The predicted octanol–water partition coefficient (Wildman–Crippen LogP) is 1.91. The summed E-state index contributed by atoms with van der Waals surface area (Å²) in [6.07, 6.45) is 1.02. The van der Waals surface area contributed by atoms with E-state index < -0.39 is 6.10 Å². The Hall–Kier alpha value is -2.37. The quantitative estimate of drug-likeness (QED) is 0.879. The van der Waals surface area contributed by atoms with Gasteiger partial charge >= 0.3 is 0 Å². The first-order chi connectivity index (χ1) is 9.61. The minimum atomic E-state index is -0.702. The van der Waals surface area contributed by atoms with Crippen LogP contribution < -0.4 is 5.32 Å². The van der Waals surface area contributed by atoms with Crippen molar-refractivity contribution in [2.75, 3.05) is 7.05 Å². The van der Waals surface area contributed by atoms with Crippen LogP contribution in [0.15, 0.2) is 29.4 Å². The molecule has 6 heteroatoms. The molecule has 0 radical (unpaired) electrons. The van der Waals surface area contributed by atoms with Crippen LogP contribution in [0.2, 0.25) is 0 Å². The first-order valence-corrected chi connectivity index (χ1v) is 6.31. The number of nitrogens with zero attached hydrogens (tertiary/aromatic N) is 1. The summed E-state index contributed by atoms with van der Waals surface area (Å²) in [5.74, 6) is -0.864. The summed E-state index contributed by atoms with van der Waals surface area (Å²) in [6, 6.07) is 5.04. The van der Waals surface area contributed by atoms with Crippen molar-refractivity contribution in [3.8, 4) is 0 Å². The number of ether oxygens (including phenoxy) is 1. The van der Waals surface area contributed by atoms with Gasteiger partial charge in [-0.25, -0.2) is 9.38 Å². The molecule has 0 unspecified atom stereocenters. The molecule has 2 atom stereocenters. The zero-order valence-electron chi connectivity index (χ0n) is 11.1. The number of hydrogen-bond donors (Lipinski definition) is 2. The number of amides is 1. The second-order valence-electron chi connectivity index (χ2n) is 4.75. The maximum atomic E-state index is 14.0. The third kappa shape index (κ3) is 1.84. The average Bonchev–Trinajstić information content (AvgIpc) is 3.02. The fraction of sp³-hybridized carbons (Fsp3) is 0.286. The molecule has 0 saturated carbocycles. The van der Waals surface area contributed by atoms with Crippen molar-refractivity contribution in [1.82, 2.24) is 10.3 Å². The Morgan fingerprint density at radius 1 is 1.45 bits per heavy atom. The van der Waals surface area contributed by atoms with Crippen molar-refractivity contribution < 1.29 is 13.9 Å². The highest BCUT2D eigenvalue weighted by Crippen LogP contribution is 2.31. The van der Waals surface area contributed by atoms with Crippen molar-refractivity contribution in [2.24, 2.45) is 4.99 Å². The first kappa shape index (κ1) is 12.7. The first-order valence-electron chi connectivity index (χ1n) is 6.31. The number of halogens is 1. The standard InChI is InChI=1S/C14H14FN3O2/c1-7(12-13(19)18-14(16-2)20-12)8-6-17-10-5-3-4-9(15)11(8)10/h3-7,12,17H,1-2H3,(H,16,18,19)/t7-,12+/m1/s1. The second kappa shape index (κ2) is 4.63. The number of hydrogen-bond acceptors (Lipinski definition) is 3. The number of benzene rings is 1. The van der Waals surface area contributed by atoms with Gasteiger partial charge in [-0.2, -0.15) is 0 Å². The number of H-pyrrole nitrogens is 1. The maximum Gasteiger partial charge on any atom is 0.292 e. The number of carbonyl (C=O) groups excluding carboxylic acids is 1. The van der Waals surface area contributed by atoms with Gasteiger partial charge in [-0.15, -0.1) is 0 Å². The molecular formula is C14H14FN3O2. The molecule has 1 aromatic heterocycles. The van der Waals surface area contributed by atoms with E-state index >= 15 is 0 Å².